The van der Waals surface area contributed by atoms with Crippen LogP contribution in [0.3, 0.4) is 0 Å². The Morgan fingerprint density at radius 2 is 1.08 bits per heavy atom. The summed E-state index contributed by atoms with van der Waals surface area (Å²) in [5.41, 5.74) is 14.2. The lowest BCUT2D eigenvalue weighted by Crippen LogP contribution is -2.55. The third-order valence-electron chi connectivity index (χ3n) is 13.6. The smallest absolute Gasteiger partial charge is 0.0358 e. The van der Waals surface area contributed by atoms with E-state index >= 15 is 0 Å². The number of hydrogen-bond donors (Lipinski definition) is 0. The first-order valence-electron chi connectivity index (χ1n) is 19.0. The Balaban J connectivity index is 1.04. The van der Waals surface area contributed by atoms with E-state index in [2.05, 4.69) is 146 Å². The van der Waals surface area contributed by atoms with Crippen LogP contribution >= 0.6 is 11.3 Å². The molecule has 4 saturated carbocycles. The standard InChI is InChI=1S/C50H38S/c1-2-9-33-27-37(17-16-32(33)8-1)41-13-4-3-12-40(41)36-11-7-10-34(28-36)35-18-19-42-43-20-21-47-48(44-14-5-6-15-46(44)51-47)49(43)50(45(42)29-35)38-23-30-22-31(25-38)26-39(50)24-30/h1-21,27-31,38-39H,22-26H2. The van der Waals surface area contributed by atoms with Crippen LogP contribution in [0, 0.1) is 23.7 Å². The molecule has 0 amide bonds. The molecule has 7 aromatic carbocycles. The summed E-state index contributed by atoms with van der Waals surface area (Å²) >= 11 is 1.99. The van der Waals surface area contributed by atoms with Gasteiger partial charge in [-0.1, -0.05) is 115 Å². The van der Waals surface area contributed by atoms with Gasteiger partial charge in [0.2, 0.25) is 0 Å². The van der Waals surface area contributed by atoms with E-state index < -0.39 is 0 Å². The second-order valence-electron chi connectivity index (χ2n) is 16.1. The molecular formula is C50H38S. The average molecular weight is 671 g/mol. The van der Waals surface area contributed by atoms with Crippen LogP contribution in [0.15, 0.2) is 146 Å². The quantitative estimate of drug-likeness (QED) is 0.175. The van der Waals surface area contributed by atoms with Gasteiger partial charge in [-0.15, -0.1) is 11.3 Å². The Labute approximate surface area is 303 Å². The molecule has 1 heterocycles. The number of fused-ring (bicyclic) bond motifs is 8. The Morgan fingerprint density at radius 3 is 1.90 bits per heavy atom. The largest absolute Gasteiger partial charge is 0.135 e. The van der Waals surface area contributed by atoms with Crippen LogP contribution < -0.4 is 0 Å². The molecule has 4 bridgehead atoms. The van der Waals surface area contributed by atoms with Crippen LogP contribution in [0.25, 0.3) is 75.5 Å². The van der Waals surface area contributed by atoms with E-state index in [1.807, 2.05) is 11.3 Å². The summed E-state index contributed by atoms with van der Waals surface area (Å²) in [4.78, 5) is 0. The van der Waals surface area contributed by atoms with E-state index in [1.165, 1.54) is 102 Å². The maximum Gasteiger partial charge on any atom is 0.0358 e. The van der Waals surface area contributed by atoms with Crippen LogP contribution in [0.4, 0.5) is 0 Å². The van der Waals surface area contributed by atoms with Gasteiger partial charge in [0.15, 0.2) is 0 Å². The minimum absolute atomic E-state index is 0.109. The van der Waals surface area contributed by atoms with E-state index in [0.29, 0.717) is 0 Å². The average Bonchev–Trinajstić information content (AvgIpc) is 3.70. The Hall–Kier alpha value is -4.98. The van der Waals surface area contributed by atoms with E-state index in [0.717, 1.165) is 23.7 Å². The van der Waals surface area contributed by atoms with Crippen molar-refractivity contribution in [2.75, 3.05) is 0 Å². The maximum absolute atomic E-state index is 2.66. The van der Waals surface area contributed by atoms with Gasteiger partial charge in [0, 0.05) is 25.6 Å². The molecule has 0 aliphatic heterocycles. The molecule has 0 atom stereocenters. The fraction of sp³-hybridized carbons (Fsp3) is 0.200. The van der Waals surface area contributed by atoms with Gasteiger partial charge < -0.3 is 0 Å². The fourth-order valence-electron chi connectivity index (χ4n) is 11.9. The van der Waals surface area contributed by atoms with E-state index in [1.54, 1.807) is 16.5 Å². The Bertz CT molecular complexity index is 2700. The molecule has 0 radical (unpaired) electrons. The minimum Gasteiger partial charge on any atom is -0.135 e. The third-order valence-corrected chi connectivity index (χ3v) is 14.8. The van der Waals surface area contributed by atoms with Crippen molar-refractivity contribution in [1.82, 2.24) is 0 Å². The fourth-order valence-corrected chi connectivity index (χ4v) is 13.0. The summed E-state index contributed by atoms with van der Waals surface area (Å²) in [6.07, 6.45) is 7.07. The molecule has 1 spiro atoms. The number of rotatable bonds is 3. The van der Waals surface area contributed by atoms with Gasteiger partial charge in [-0.3, -0.25) is 0 Å². The predicted octanol–water partition coefficient (Wildman–Crippen LogP) is 13.9. The summed E-state index contributed by atoms with van der Waals surface area (Å²) < 4.78 is 2.89. The SMILES string of the molecule is c1cc(-c2ccc3c(c2)C2(c4c-3ccc3sc5ccccc5c43)C3CC4CC(C3)CC2C4)cc(-c2ccccc2-c2ccc3ccccc3c2)c1. The van der Waals surface area contributed by atoms with E-state index in [-0.39, 0.29) is 5.41 Å². The predicted molar refractivity (Wildman–Crippen MR) is 216 cm³/mol. The van der Waals surface area contributed by atoms with Gasteiger partial charge in [-0.2, -0.15) is 0 Å². The van der Waals surface area contributed by atoms with Crippen LogP contribution in [0.2, 0.25) is 0 Å². The Kier molecular flexibility index (Phi) is 5.92. The lowest BCUT2D eigenvalue weighted by Gasteiger charge is -2.61. The summed E-state index contributed by atoms with van der Waals surface area (Å²) in [7, 11) is 0. The second-order valence-corrected chi connectivity index (χ2v) is 17.2. The summed E-state index contributed by atoms with van der Waals surface area (Å²) in [6.45, 7) is 0. The number of benzene rings is 7. The van der Waals surface area contributed by atoms with Gasteiger partial charge in [0.05, 0.1) is 0 Å². The first kappa shape index (κ1) is 28.7. The van der Waals surface area contributed by atoms with Crippen molar-refractivity contribution in [1.29, 1.82) is 0 Å². The highest BCUT2D eigenvalue weighted by atomic mass is 32.1. The van der Waals surface area contributed by atoms with Gasteiger partial charge >= 0.3 is 0 Å². The molecule has 0 unspecified atom stereocenters. The first-order chi connectivity index (χ1) is 25.2. The number of hydrogen-bond acceptors (Lipinski definition) is 1. The molecule has 5 aliphatic carbocycles. The van der Waals surface area contributed by atoms with E-state index in [4.69, 9.17) is 0 Å². The highest BCUT2D eigenvalue weighted by Crippen LogP contribution is 2.71. The zero-order valence-corrected chi connectivity index (χ0v) is 29.4. The van der Waals surface area contributed by atoms with Gasteiger partial charge in [0.1, 0.15) is 0 Å². The van der Waals surface area contributed by atoms with Crippen LogP contribution in [0.5, 0.6) is 0 Å². The molecule has 5 aliphatic rings. The zero-order valence-electron chi connectivity index (χ0n) is 28.6. The van der Waals surface area contributed by atoms with E-state index in [9.17, 15) is 0 Å². The van der Waals surface area contributed by atoms with Crippen molar-refractivity contribution >= 4 is 42.3 Å². The summed E-state index contributed by atoms with van der Waals surface area (Å²) in [5, 5.41) is 5.59. The zero-order chi connectivity index (χ0) is 33.3. The van der Waals surface area contributed by atoms with Crippen LogP contribution in [-0.2, 0) is 5.41 Å². The van der Waals surface area contributed by atoms with Crippen molar-refractivity contribution in [2.24, 2.45) is 23.7 Å². The normalized spacial score (nSPS) is 24.2. The topological polar surface area (TPSA) is 0 Å². The molecule has 244 valence electrons. The van der Waals surface area contributed by atoms with Gasteiger partial charge in [0.25, 0.3) is 0 Å². The molecule has 1 aromatic heterocycles. The second kappa shape index (κ2) is 10.5. The van der Waals surface area contributed by atoms with Crippen molar-refractivity contribution in [2.45, 2.75) is 37.5 Å². The summed E-state index contributed by atoms with van der Waals surface area (Å²) in [6, 6.07) is 55.5. The maximum atomic E-state index is 2.66. The molecule has 51 heavy (non-hydrogen) atoms. The summed E-state index contributed by atoms with van der Waals surface area (Å²) in [5.74, 6) is 3.31. The molecular weight excluding hydrogens is 633 g/mol. The molecule has 1 heteroatoms. The molecule has 0 N–H and O–H groups in total. The third kappa shape index (κ3) is 3.96. The Morgan fingerprint density at radius 1 is 0.431 bits per heavy atom. The van der Waals surface area contributed by atoms with Crippen molar-refractivity contribution < 1.29 is 0 Å². The molecule has 13 rings (SSSR count). The molecule has 4 fully saturated rings. The molecule has 0 saturated heterocycles. The lowest BCUT2D eigenvalue weighted by atomic mass is 9.43. The molecule has 0 nitrogen and oxygen atoms in total. The van der Waals surface area contributed by atoms with Crippen LogP contribution in [-0.4, -0.2) is 0 Å². The van der Waals surface area contributed by atoms with Crippen molar-refractivity contribution in [3.05, 3.63) is 157 Å². The highest BCUT2D eigenvalue weighted by molar-refractivity contribution is 7.25. The van der Waals surface area contributed by atoms with Crippen LogP contribution in [0.1, 0.15) is 43.2 Å². The monoisotopic (exact) mass is 670 g/mol. The minimum atomic E-state index is 0.109. The van der Waals surface area contributed by atoms with Crippen molar-refractivity contribution in [3.8, 4) is 44.5 Å². The highest BCUT2D eigenvalue weighted by Gasteiger charge is 2.62. The lowest BCUT2D eigenvalue weighted by molar-refractivity contribution is -0.0393. The molecule has 8 aromatic rings. The van der Waals surface area contributed by atoms with Gasteiger partial charge in [-0.05, 0) is 153 Å². The first-order valence-corrected chi connectivity index (χ1v) is 19.8. The van der Waals surface area contributed by atoms with Gasteiger partial charge in [-0.25, -0.2) is 0 Å². The van der Waals surface area contributed by atoms with Crippen molar-refractivity contribution in [3.63, 3.8) is 0 Å². The number of thiophene rings is 1.